The van der Waals surface area contributed by atoms with Gasteiger partial charge in [-0.2, -0.15) is 5.10 Å². The van der Waals surface area contributed by atoms with Crippen LogP contribution in [0.3, 0.4) is 0 Å². The average Bonchev–Trinajstić information content (AvgIpc) is 2.86. The molecular weight excluding hydrogens is 296 g/mol. The lowest BCUT2D eigenvalue weighted by atomic mass is 10.2. The van der Waals surface area contributed by atoms with Crippen LogP contribution in [-0.2, 0) is 7.05 Å². The summed E-state index contributed by atoms with van der Waals surface area (Å²) in [6.45, 7) is 2.11. The minimum Gasteiger partial charge on any atom is -0.323 e. The Kier molecular flexibility index (Phi) is 4.06. The molecule has 0 atom stereocenters. The van der Waals surface area contributed by atoms with Crippen LogP contribution in [0.4, 0.5) is 0 Å². The van der Waals surface area contributed by atoms with Crippen molar-refractivity contribution >= 4 is 29.1 Å². The zero-order valence-electron chi connectivity index (χ0n) is 12.4. The van der Waals surface area contributed by atoms with Crippen molar-refractivity contribution in [3.8, 4) is 11.5 Å². The molecule has 3 aromatic heterocycles. The summed E-state index contributed by atoms with van der Waals surface area (Å²) in [5.74, 6) is 6.97. The fourth-order valence-electron chi connectivity index (χ4n) is 2.29. The van der Waals surface area contributed by atoms with Crippen LogP contribution in [0.5, 0.6) is 0 Å². The molecule has 3 heterocycles. The second-order valence-corrected chi connectivity index (χ2v) is 5.97. The Morgan fingerprint density at radius 3 is 3.00 bits per heavy atom. The summed E-state index contributed by atoms with van der Waals surface area (Å²) in [6, 6.07) is 5.86. The lowest BCUT2D eigenvalue weighted by Gasteiger charge is -2.08. The van der Waals surface area contributed by atoms with Gasteiger partial charge in [0.1, 0.15) is 11.2 Å². The highest BCUT2D eigenvalue weighted by molar-refractivity contribution is 7.99. The van der Waals surface area contributed by atoms with Crippen LogP contribution in [0.2, 0.25) is 0 Å². The van der Waals surface area contributed by atoms with Crippen LogP contribution in [0.15, 0.2) is 40.6 Å². The maximum absolute atomic E-state index is 5.22. The molecule has 3 rings (SSSR count). The van der Waals surface area contributed by atoms with Gasteiger partial charge in [0.15, 0.2) is 11.5 Å². The Morgan fingerprint density at radius 1 is 1.41 bits per heavy atom. The molecule has 0 aliphatic rings. The number of hydrogen-bond donors (Lipinski definition) is 1. The second kappa shape index (κ2) is 6.15. The van der Waals surface area contributed by atoms with Gasteiger partial charge in [-0.05, 0) is 24.0 Å². The highest BCUT2D eigenvalue weighted by Gasteiger charge is 2.16. The number of rotatable bonds is 4. The maximum atomic E-state index is 5.22. The highest BCUT2D eigenvalue weighted by atomic mass is 32.2. The Labute approximate surface area is 132 Å². The third-order valence-electron chi connectivity index (χ3n) is 3.24. The predicted octanol–water partition coefficient (Wildman–Crippen LogP) is 2.43. The number of aromatic nitrogens is 4. The van der Waals surface area contributed by atoms with Crippen LogP contribution >= 0.6 is 11.8 Å². The number of imidazole rings is 1. The van der Waals surface area contributed by atoms with Gasteiger partial charge in [0.2, 0.25) is 0 Å². The Hall–Kier alpha value is -2.41. The molecule has 0 spiro atoms. The molecule has 0 aromatic carbocycles. The van der Waals surface area contributed by atoms with Gasteiger partial charge < -0.3 is 10.4 Å². The zero-order chi connectivity index (χ0) is 15.5. The zero-order valence-corrected chi connectivity index (χ0v) is 13.2. The van der Waals surface area contributed by atoms with Crippen molar-refractivity contribution in [3.05, 3.63) is 36.2 Å². The van der Waals surface area contributed by atoms with Crippen molar-refractivity contribution in [1.82, 2.24) is 19.5 Å². The van der Waals surface area contributed by atoms with E-state index in [1.54, 1.807) is 30.4 Å². The van der Waals surface area contributed by atoms with E-state index in [9.17, 15) is 0 Å². The van der Waals surface area contributed by atoms with Gasteiger partial charge >= 0.3 is 0 Å². The van der Waals surface area contributed by atoms with Crippen molar-refractivity contribution in [2.75, 3.05) is 5.75 Å². The molecule has 112 valence electrons. The summed E-state index contributed by atoms with van der Waals surface area (Å²) < 4.78 is 1.97. The van der Waals surface area contributed by atoms with Gasteiger partial charge in [-0.1, -0.05) is 6.92 Å². The molecule has 6 nitrogen and oxygen atoms in total. The van der Waals surface area contributed by atoms with Crippen LogP contribution in [-0.4, -0.2) is 31.5 Å². The third-order valence-corrected chi connectivity index (χ3v) is 4.15. The van der Waals surface area contributed by atoms with E-state index in [-0.39, 0.29) is 0 Å². The molecule has 0 unspecified atom stereocenters. The summed E-state index contributed by atoms with van der Waals surface area (Å²) in [7, 11) is 1.95. The molecule has 0 bridgehead atoms. The molecular formula is C15H16N6S. The maximum Gasteiger partial charge on any atom is 0.161 e. The van der Waals surface area contributed by atoms with Crippen LogP contribution < -0.4 is 5.84 Å². The third kappa shape index (κ3) is 2.55. The van der Waals surface area contributed by atoms with Gasteiger partial charge in [-0.3, -0.25) is 4.98 Å². The standard InChI is InChI=1S/C15H16N6S/c1-3-22-12-7-10(9-19-16)8-18-13(12)15-20-11-5-4-6-17-14(11)21(15)2/h4-9H,3,16H2,1-2H3/b19-9+. The summed E-state index contributed by atoms with van der Waals surface area (Å²) >= 11 is 1.72. The van der Waals surface area contributed by atoms with E-state index in [0.717, 1.165) is 38.9 Å². The van der Waals surface area contributed by atoms with Crippen LogP contribution in [0.1, 0.15) is 12.5 Å². The van der Waals surface area contributed by atoms with Crippen molar-refractivity contribution in [2.24, 2.45) is 18.0 Å². The normalized spacial score (nSPS) is 11.5. The van der Waals surface area contributed by atoms with Gasteiger partial charge in [0, 0.05) is 29.9 Å². The second-order valence-electron chi connectivity index (χ2n) is 4.67. The van der Waals surface area contributed by atoms with Gasteiger partial charge in [-0.25, -0.2) is 9.97 Å². The monoisotopic (exact) mass is 312 g/mol. The van der Waals surface area contributed by atoms with Gasteiger partial charge in [0.25, 0.3) is 0 Å². The molecule has 0 aliphatic carbocycles. The van der Waals surface area contributed by atoms with Crippen molar-refractivity contribution in [2.45, 2.75) is 11.8 Å². The number of thioether (sulfide) groups is 1. The van der Waals surface area contributed by atoms with Crippen LogP contribution in [0.25, 0.3) is 22.7 Å². The van der Waals surface area contributed by atoms with Crippen molar-refractivity contribution < 1.29 is 0 Å². The number of nitrogens with two attached hydrogens (primary N) is 1. The molecule has 2 N–H and O–H groups in total. The first kappa shape index (κ1) is 14.5. The topological polar surface area (TPSA) is 82.0 Å². The fourth-order valence-corrected chi connectivity index (χ4v) is 3.10. The number of fused-ring (bicyclic) bond motifs is 1. The molecule has 0 amide bonds. The first-order valence-electron chi connectivity index (χ1n) is 6.88. The molecule has 0 aliphatic heterocycles. The summed E-state index contributed by atoms with van der Waals surface area (Å²) in [6.07, 6.45) is 5.11. The first-order chi connectivity index (χ1) is 10.7. The fraction of sp³-hybridized carbons (Fsp3) is 0.200. The number of aryl methyl sites for hydroxylation is 1. The van der Waals surface area contributed by atoms with Crippen LogP contribution in [0, 0.1) is 0 Å². The summed E-state index contributed by atoms with van der Waals surface area (Å²) in [5.41, 5.74) is 3.43. The van der Waals surface area contributed by atoms with Gasteiger partial charge in [0.05, 0.1) is 6.21 Å². The lowest BCUT2D eigenvalue weighted by Crippen LogP contribution is -1.99. The SMILES string of the molecule is CCSc1cc(/C=N/N)cnc1-c1nc2cccnc2n1C. The van der Waals surface area contributed by atoms with E-state index < -0.39 is 0 Å². The largest absolute Gasteiger partial charge is 0.323 e. The van der Waals surface area contributed by atoms with E-state index in [2.05, 4.69) is 27.0 Å². The number of hydrazone groups is 1. The molecule has 0 radical (unpaired) electrons. The molecule has 22 heavy (non-hydrogen) atoms. The lowest BCUT2D eigenvalue weighted by molar-refractivity contribution is 0.927. The molecule has 0 saturated heterocycles. The molecule has 0 saturated carbocycles. The minimum absolute atomic E-state index is 0.806. The molecule has 3 aromatic rings. The Bertz CT molecular complexity index is 839. The Balaban J connectivity index is 2.18. The predicted molar refractivity (Wildman–Crippen MR) is 89.9 cm³/mol. The van der Waals surface area contributed by atoms with E-state index in [1.807, 2.05) is 29.8 Å². The van der Waals surface area contributed by atoms with Gasteiger partial charge in [-0.15, -0.1) is 11.8 Å². The highest BCUT2D eigenvalue weighted by Crippen LogP contribution is 2.30. The number of pyridine rings is 2. The molecule has 7 heteroatoms. The number of nitrogens with zero attached hydrogens (tertiary/aromatic N) is 5. The van der Waals surface area contributed by atoms with Crippen molar-refractivity contribution in [1.29, 1.82) is 0 Å². The summed E-state index contributed by atoms with van der Waals surface area (Å²) in [5, 5.41) is 3.56. The first-order valence-corrected chi connectivity index (χ1v) is 7.87. The summed E-state index contributed by atoms with van der Waals surface area (Å²) in [4.78, 5) is 14.7. The van der Waals surface area contributed by atoms with Crippen molar-refractivity contribution in [3.63, 3.8) is 0 Å². The smallest absolute Gasteiger partial charge is 0.161 e. The average molecular weight is 312 g/mol. The van der Waals surface area contributed by atoms with E-state index in [4.69, 9.17) is 5.84 Å². The Morgan fingerprint density at radius 2 is 2.27 bits per heavy atom. The molecule has 0 fully saturated rings. The van der Waals surface area contributed by atoms with E-state index >= 15 is 0 Å². The number of hydrogen-bond acceptors (Lipinski definition) is 6. The minimum atomic E-state index is 0.806. The quantitative estimate of drug-likeness (QED) is 0.346. The van der Waals surface area contributed by atoms with E-state index in [0.29, 0.717) is 0 Å². The van der Waals surface area contributed by atoms with E-state index in [1.165, 1.54) is 0 Å².